The Bertz CT molecular complexity index is 218. The lowest BCUT2D eigenvalue weighted by Gasteiger charge is -1.98. The monoisotopic (exact) mass is 145 g/mol. The van der Waals surface area contributed by atoms with E-state index < -0.39 is 0 Å². The van der Waals surface area contributed by atoms with Crippen molar-refractivity contribution >= 4 is 0 Å². The zero-order valence-electron chi connectivity index (χ0n) is 6.88. The van der Waals surface area contributed by atoms with Crippen molar-refractivity contribution in [2.75, 3.05) is 0 Å². The summed E-state index contributed by atoms with van der Waals surface area (Å²) in [6.45, 7) is 7.46. The van der Waals surface area contributed by atoms with Crippen molar-refractivity contribution in [3.8, 4) is 0 Å². The molecule has 0 amide bonds. The zero-order chi connectivity index (χ0) is 8.10. The van der Waals surface area contributed by atoms with E-state index >= 15 is 0 Å². The molecule has 0 fully saturated rings. The highest BCUT2D eigenvalue weighted by molar-refractivity contribution is 5.23. The summed E-state index contributed by atoms with van der Waals surface area (Å²) in [5, 5.41) is 0. The molecule has 0 heteroatoms. The first-order valence-corrected chi connectivity index (χ1v) is 3.98. The van der Waals surface area contributed by atoms with E-state index in [0.29, 0.717) is 0 Å². The number of allylic oxidation sites excluding steroid dienone is 1. The maximum Gasteiger partial charge on any atom is -0.00943 e. The predicted octanol–water partition coefficient (Wildman–Crippen LogP) is 2.78. The second kappa shape index (κ2) is 3.97. The first-order chi connectivity index (χ1) is 5.36. The molecule has 0 N–H and O–H groups in total. The van der Waals surface area contributed by atoms with Gasteiger partial charge in [0.1, 0.15) is 0 Å². The summed E-state index contributed by atoms with van der Waals surface area (Å²) in [5.74, 6) is 0. The number of hydrogen-bond donors (Lipinski definition) is 0. The summed E-state index contributed by atoms with van der Waals surface area (Å²) in [4.78, 5) is 0. The van der Waals surface area contributed by atoms with Crippen molar-refractivity contribution < 1.29 is 0 Å². The van der Waals surface area contributed by atoms with Gasteiger partial charge < -0.3 is 0 Å². The number of rotatable bonds is 3. The molecule has 57 valence electrons. The lowest BCUT2D eigenvalue weighted by Crippen LogP contribution is -1.82. The van der Waals surface area contributed by atoms with Gasteiger partial charge in [0, 0.05) is 0 Å². The third-order valence-electron chi connectivity index (χ3n) is 1.78. The third kappa shape index (κ3) is 2.23. The number of aryl methyl sites for hydroxylation is 1. The molecule has 0 aliphatic carbocycles. The molecule has 0 unspecified atom stereocenters. The van der Waals surface area contributed by atoms with E-state index in [0.717, 1.165) is 12.8 Å². The van der Waals surface area contributed by atoms with Crippen molar-refractivity contribution in [2.24, 2.45) is 0 Å². The molecule has 0 aliphatic rings. The van der Waals surface area contributed by atoms with Crippen molar-refractivity contribution in [3.05, 3.63) is 48.0 Å². The molecular formula is C11H13. The van der Waals surface area contributed by atoms with Gasteiger partial charge in [-0.05, 0) is 24.0 Å². The fourth-order valence-corrected chi connectivity index (χ4v) is 1.05. The van der Waals surface area contributed by atoms with E-state index in [4.69, 9.17) is 6.58 Å². The fraction of sp³-hybridized carbons (Fsp3) is 0.273. The van der Waals surface area contributed by atoms with Gasteiger partial charge in [-0.25, -0.2) is 0 Å². The molecule has 0 heterocycles. The summed E-state index contributed by atoms with van der Waals surface area (Å²) in [6.07, 6.45) is 3.65. The quantitative estimate of drug-likeness (QED) is 0.613. The van der Waals surface area contributed by atoms with Crippen LogP contribution in [0.4, 0.5) is 0 Å². The summed E-state index contributed by atoms with van der Waals surface area (Å²) in [5.41, 5.74) is 2.66. The van der Waals surface area contributed by atoms with Crippen LogP contribution in [0, 0.1) is 6.58 Å². The van der Waals surface area contributed by atoms with Crippen molar-refractivity contribution in [1.29, 1.82) is 0 Å². The molecular weight excluding hydrogens is 132 g/mol. The van der Waals surface area contributed by atoms with Crippen molar-refractivity contribution in [3.63, 3.8) is 0 Å². The minimum absolute atomic E-state index is 0.865. The van der Waals surface area contributed by atoms with Crippen LogP contribution in [0.15, 0.2) is 30.3 Å². The van der Waals surface area contributed by atoms with E-state index in [9.17, 15) is 0 Å². The molecule has 0 saturated carbocycles. The summed E-state index contributed by atoms with van der Waals surface area (Å²) >= 11 is 0. The predicted molar refractivity (Wildman–Crippen MR) is 48.4 cm³/mol. The van der Waals surface area contributed by atoms with Gasteiger partial charge in [0.05, 0.1) is 0 Å². The van der Waals surface area contributed by atoms with Crippen LogP contribution >= 0.6 is 0 Å². The van der Waals surface area contributed by atoms with Crippen LogP contribution in [0.5, 0.6) is 0 Å². The lowest BCUT2D eigenvalue weighted by molar-refractivity contribution is 1.13. The highest BCUT2D eigenvalue weighted by Crippen LogP contribution is 2.05. The second-order valence-corrected chi connectivity index (χ2v) is 2.61. The first-order valence-electron chi connectivity index (χ1n) is 3.98. The second-order valence-electron chi connectivity index (χ2n) is 2.61. The standard InChI is InChI=1S/C11H13/c1-3-5-11-8-6-10(4-2)7-9-11/h1,3,6-9H,4-5H2,2H3. The summed E-state index contributed by atoms with van der Waals surface area (Å²) in [7, 11) is 0. The SMILES string of the molecule is [CH]=CCc1ccc(CC)cc1. The molecule has 0 atom stereocenters. The Morgan fingerprint density at radius 3 is 2.18 bits per heavy atom. The molecule has 1 aromatic carbocycles. The van der Waals surface area contributed by atoms with Gasteiger partial charge in [-0.2, -0.15) is 0 Å². The van der Waals surface area contributed by atoms with Crippen LogP contribution in [-0.2, 0) is 12.8 Å². The van der Waals surface area contributed by atoms with Gasteiger partial charge in [0.2, 0.25) is 0 Å². The first kappa shape index (κ1) is 8.06. The molecule has 0 spiro atoms. The Kier molecular flexibility index (Phi) is 2.91. The Morgan fingerprint density at radius 1 is 1.18 bits per heavy atom. The molecule has 1 radical (unpaired) electrons. The zero-order valence-corrected chi connectivity index (χ0v) is 6.88. The third-order valence-corrected chi connectivity index (χ3v) is 1.78. The molecule has 11 heavy (non-hydrogen) atoms. The number of hydrogen-bond acceptors (Lipinski definition) is 0. The van der Waals surface area contributed by atoms with E-state index in [1.165, 1.54) is 11.1 Å². The summed E-state index contributed by atoms with van der Waals surface area (Å²) < 4.78 is 0. The van der Waals surface area contributed by atoms with Gasteiger partial charge in [-0.15, -0.1) is 0 Å². The average Bonchev–Trinajstić information content (AvgIpc) is 2.07. The normalized spacial score (nSPS) is 9.55. The van der Waals surface area contributed by atoms with Crippen LogP contribution in [0.25, 0.3) is 0 Å². The minimum Gasteiger partial charge on any atom is -0.0801 e. The minimum atomic E-state index is 0.865. The maximum absolute atomic E-state index is 5.31. The molecule has 1 aromatic rings. The van der Waals surface area contributed by atoms with Gasteiger partial charge in [-0.1, -0.05) is 43.8 Å². The van der Waals surface area contributed by atoms with Gasteiger partial charge in [-0.3, -0.25) is 0 Å². The average molecular weight is 145 g/mol. The van der Waals surface area contributed by atoms with Crippen LogP contribution in [-0.4, -0.2) is 0 Å². The highest BCUT2D eigenvalue weighted by atomic mass is 13.9. The van der Waals surface area contributed by atoms with E-state index in [1.807, 2.05) is 0 Å². The molecule has 0 aliphatic heterocycles. The van der Waals surface area contributed by atoms with Crippen molar-refractivity contribution in [2.45, 2.75) is 19.8 Å². The molecule has 1 rings (SSSR count). The van der Waals surface area contributed by atoms with E-state index in [1.54, 1.807) is 6.08 Å². The summed E-state index contributed by atoms with van der Waals surface area (Å²) in [6, 6.07) is 8.56. The maximum atomic E-state index is 5.31. The number of benzene rings is 1. The largest absolute Gasteiger partial charge is 0.0801 e. The van der Waals surface area contributed by atoms with Gasteiger partial charge >= 0.3 is 0 Å². The Hall–Kier alpha value is -1.04. The Balaban J connectivity index is 2.74. The Labute approximate surface area is 68.6 Å². The van der Waals surface area contributed by atoms with Crippen LogP contribution in [0.3, 0.4) is 0 Å². The molecule has 0 saturated heterocycles. The van der Waals surface area contributed by atoms with Crippen molar-refractivity contribution in [1.82, 2.24) is 0 Å². The van der Waals surface area contributed by atoms with E-state index in [2.05, 4.69) is 31.2 Å². The van der Waals surface area contributed by atoms with Crippen LogP contribution in [0.1, 0.15) is 18.1 Å². The lowest BCUT2D eigenvalue weighted by atomic mass is 10.1. The topological polar surface area (TPSA) is 0 Å². The fourth-order valence-electron chi connectivity index (χ4n) is 1.05. The smallest absolute Gasteiger partial charge is 0.00943 e. The van der Waals surface area contributed by atoms with E-state index in [-0.39, 0.29) is 0 Å². The van der Waals surface area contributed by atoms with Gasteiger partial charge in [0.15, 0.2) is 0 Å². The molecule has 0 nitrogen and oxygen atoms in total. The van der Waals surface area contributed by atoms with Gasteiger partial charge in [0.25, 0.3) is 0 Å². The Morgan fingerprint density at radius 2 is 1.73 bits per heavy atom. The molecule has 0 bridgehead atoms. The molecule has 0 aromatic heterocycles. The van der Waals surface area contributed by atoms with Crippen LogP contribution in [0.2, 0.25) is 0 Å². The van der Waals surface area contributed by atoms with Crippen LogP contribution < -0.4 is 0 Å². The highest BCUT2D eigenvalue weighted by Gasteiger charge is 1.89.